The van der Waals surface area contributed by atoms with Crippen molar-refractivity contribution < 1.29 is 14.7 Å². The van der Waals surface area contributed by atoms with Gasteiger partial charge in [0, 0.05) is 30.6 Å². The van der Waals surface area contributed by atoms with E-state index in [4.69, 9.17) is 5.11 Å². The number of piperidine rings is 1. The van der Waals surface area contributed by atoms with E-state index in [-0.39, 0.29) is 29.3 Å². The number of nitrogens with one attached hydrogen (secondary N) is 1. The van der Waals surface area contributed by atoms with Gasteiger partial charge >= 0.3 is 5.97 Å². The molecule has 1 saturated heterocycles. The molecule has 0 aromatic heterocycles. The largest absolute Gasteiger partial charge is 0.481 e. The second-order valence-corrected chi connectivity index (χ2v) is 7.84. The maximum absolute atomic E-state index is 12.4. The zero-order valence-electron chi connectivity index (χ0n) is 14.1. The van der Waals surface area contributed by atoms with Crippen LogP contribution in [0.3, 0.4) is 0 Å². The number of amides is 1. The number of hydrogen-bond acceptors (Lipinski definition) is 3. The van der Waals surface area contributed by atoms with Gasteiger partial charge < -0.3 is 10.4 Å². The minimum absolute atomic E-state index is 0.0696. The molecule has 1 saturated carbocycles. The molecule has 5 heteroatoms. The highest BCUT2D eigenvalue weighted by molar-refractivity contribution is 5.80. The molecule has 22 heavy (non-hydrogen) atoms. The van der Waals surface area contributed by atoms with E-state index in [0.29, 0.717) is 12.8 Å². The third kappa shape index (κ3) is 4.45. The zero-order valence-corrected chi connectivity index (χ0v) is 14.1. The summed E-state index contributed by atoms with van der Waals surface area (Å²) in [6, 6.07) is 0.247. The van der Waals surface area contributed by atoms with Gasteiger partial charge in [0.25, 0.3) is 0 Å². The van der Waals surface area contributed by atoms with Crippen molar-refractivity contribution in [3.05, 3.63) is 0 Å². The number of rotatable bonds is 3. The van der Waals surface area contributed by atoms with Crippen LogP contribution in [0.25, 0.3) is 0 Å². The Morgan fingerprint density at radius 2 is 1.64 bits per heavy atom. The molecule has 5 nitrogen and oxygen atoms in total. The molecule has 1 aliphatic carbocycles. The average Bonchev–Trinajstić information content (AvgIpc) is 2.47. The Kier molecular flexibility index (Phi) is 5.48. The summed E-state index contributed by atoms with van der Waals surface area (Å²) >= 11 is 0. The normalized spacial score (nSPS) is 28.3. The maximum atomic E-state index is 12.4. The van der Waals surface area contributed by atoms with E-state index in [1.165, 1.54) is 0 Å². The molecule has 2 fully saturated rings. The first-order valence-corrected chi connectivity index (χ1v) is 8.55. The highest BCUT2D eigenvalue weighted by Crippen LogP contribution is 2.30. The third-order valence-corrected chi connectivity index (χ3v) is 5.18. The molecule has 1 amide bonds. The van der Waals surface area contributed by atoms with E-state index in [9.17, 15) is 9.59 Å². The van der Waals surface area contributed by atoms with Gasteiger partial charge in [-0.3, -0.25) is 14.5 Å². The van der Waals surface area contributed by atoms with Crippen molar-refractivity contribution >= 4 is 11.9 Å². The van der Waals surface area contributed by atoms with Crippen LogP contribution in [0.5, 0.6) is 0 Å². The Balaban J connectivity index is 1.79. The molecule has 2 unspecified atom stereocenters. The lowest BCUT2D eigenvalue weighted by Gasteiger charge is -2.41. The molecule has 2 rings (SSSR count). The van der Waals surface area contributed by atoms with E-state index >= 15 is 0 Å². The lowest BCUT2D eigenvalue weighted by Crippen LogP contribution is -2.51. The van der Waals surface area contributed by atoms with Crippen LogP contribution in [0, 0.1) is 11.8 Å². The van der Waals surface area contributed by atoms with Crippen LogP contribution in [0.15, 0.2) is 0 Å². The molecule has 2 aliphatic rings. The van der Waals surface area contributed by atoms with E-state index in [1.54, 1.807) is 0 Å². The molecule has 0 aromatic rings. The van der Waals surface area contributed by atoms with Gasteiger partial charge in [-0.05, 0) is 52.9 Å². The minimum Gasteiger partial charge on any atom is -0.481 e. The van der Waals surface area contributed by atoms with Gasteiger partial charge in [-0.2, -0.15) is 0 Å². The topological polar surface area (TPSA) is 69.6 Å². The summed E-state index contributed by atoms with van der Waals surface area (Å²) in [6.07, 6.45) is 4.86. The monoisotopic (exact) mass is 310 g/mol. The summed E-state index contributed by atoms with van der Waals surface area (Å²) in [4.78, 5) is 26.0. The number of carbonyl (C=O) groups is 2. The highest BCUT2D eigenvalue weighted by atomic mass is 16.4. The van der Waals surface area contributed by atoms with E-state index < -0.39 is 5.97 Å². The molecular weight excluding hydrogens is 280 g/mol. The van der Waals surface area contributed by atoms with Crippen LogP contribution in [0.2, 0.25) is 0 Å². The SMILES string of the molecule is CC(C)(C)N1CCC(NC(=O)C2CCCC(C(=O)O)C2)CC1. The number of aliphatic carboxylic acids is 1. The summed E-state index contributed by atoms with van der Waals surface area (Å²) in [7, 11) is 0. The van der Waals surface area contributed by atoms with Crippen molar-refractivity contribution in [3.8, 4) is 0 Å². The Bertz CT molecular complexity index is 409. The first-order chi connectivity index (χ1) is 10.3. The smallest absolute Gasteiger partial charge is 0.306 e. The fourth-order valence-electron chi connectivity index (χ4n) is 3.67. The predicted octanol–water partition coefficient (Wildman–Crippen LogP) is 2.26. The van der Waals surface area contributed by atoms with Gasteiger partial charge in [-0.1, -0.05) is 6.42 Å². The molecule has 1 heterocycles. The van der Waals surface area contributed by atoms with E-state index in [0.717, 1.165) is 38.8 Å². The van der Waals surface area contributed by atoms with Crippen molar-refractivity contribution in [3.63, 3.8) is 0 Å². The van der Waals surface area contributed by atoms with Crippen LogP contribution in [0.4, 0.5) is 0 Å². The van der Waals surface area contributed by atoms with Crippen molar-refractivity contribution in [2.75, 3.05) is 13.1 Å². The molecule has 2 atom stereocenters. The summed E-state index contributed by atoms with van der Waals surface area (Å²) in [6.45, 7) is 8.69. The summed E-state index contributed by atoms with van der Waals surface area (Å²) in [5.74, 6) is -1.14. The molecule has 126 valence electrons. The summed E-state index contributed by atoms with van der Waals surface area (Å²) in [5.41, 5.74) is 0.188. The summed E-state index contributed by atoms with van der Waals surface area (Å²) < 4.78 is 0. The predicted molar refractivity (Wildman–Crippen MR) is 85.6 cm³/mol. The molecule has 0 aromatic carbocycles. The molecule has 2 N–H and O–H groups in total. The van der Waals surface area contributed by atoms with Gasteiger partial charge in [-0.15, -0.1) is 0 Å². The minimum atomic E-state index is -0.754. The lowest BCUT2D eigenvalue weighted by molar-refractivity contribution is -0.144. The number of hydrogen-bond donors (Lipinski definition) is 2. The fourth-order valence-corrected chi connectivity index (χ4v) is 3.67. The Morgan fingerprint density at radius 3 is 2.18 bits per heavy atom. The molecular formula is C17H30N2O3. The maximum Gasteiger partial charge on any atom is 0.306 e. The van der Waals surface area contributed by atoms with Gasteiger partial charge in [0.2, 0.25) is 5.91 Å². The lowest BCUT2D eigenvalue weighted by atomic mass is 9.81. The first-order valence-electron chi connectivity index (χ1n) is 8.55. The Morgan fingerprint density at radius 1 is 1.05 bits per heavy atom. The zero-order chi connectivity index (χ0) is 16.3. The first kappa shape index (κ1) is 17.3. The second-order valence-electron chi connectivity index (χ2n) is 7.84. The van der Waals surface area contributed by atoms with Crippen LogP contribution >= 0.6 is 0 Å². The van der Waals surface area contributed by atoms with Crippen LogP contribution < -0.4 is 5.32 Å². The number of carbonyl (C=O) groups excluding carboxylic acids is 1. The number of likely N-dealkylation sites (tertiary alicyclic amines) is 1. The van der Waals surface area contributed by atoms with Crippen LogP contribution in [-0.4, -0.2) is 46.6 Å². The summed E-state index contributed by atoms with van der Waals surface area (Å²) in [5, 5.41) is 12.3. The van der Waals surface area contributed by atoms with E-state index in [1.807, 2.05) is 0 Å². The number of nitrogens with zero attached hydrogens (tertiary/aromatic N) is 1. The van der Waals surface area contributed by atoms with Crippen LogP contribution in [0.1, 0.15) is 59.3 Å². The van der Waals surface area contributed by atoms with Gasteiger partial charge in [0.05, 0.1) is 5.92 Å². The second kappa shape index (κ2) is 6.99. The van der Waals surface area contributed by atoms with Crippen molar-refractivity contribution in [1.29, 1.82) is 0 Å². The highest BCUT2D eigenvalue weighted by Gasteiger charge is 2.33. The Hall–Kier alpha value is -1.10. The molecule has 0 radical (unpaired) electrons. The van der Waals surface area contributed by atoms with Crippen LogP contribution in [-0.2, 0) is 9.59 Å². The van der Waals surface area contributed by atoms with Crippen molar-refractivity contribution in [1.82, 2.24) is 10.2 Å². The molecule has 1 aliphatic heterocycles. The average molecular weight is 310 g/mol. The van der Waals surface area contributed by atoms with E-state index in [2.05, 4.69) is 31.0 Å². The quantitative estimate of drug-likeness (QED) is 0.839. The van der Waals surface area contributed by atoms with Gasteiger partial charge in [-0.25, -0.2) is 0 Å². The van der Waals surface area contributed by atoms with Crippen molar-refractivity contribution in [2.45, 2.75) is 70.9 Å². The third-order valence-electron chi connectivity index (χ3n) is 5.18. The number of carboxylic acids is 1. The standard InChI is InChI=1S/C17H30N2O3/c1-17(2,3)19-9-7-14(8-10-19)18-15(20)12-5-4-6-13(11-12)16(21)22/h12-14H,4-11H2,1-3H3,(H,18,20)(H,21,22). The molecule has 0 spiro atoms. The number of carboxylic acid groups (broad SMARTS) is 1. The Labute approximate surface area is 133 Å². The molecule has 0 bridgehead atoms. The van der Waals surface area contributed by atoms with Crippen molar-refractivity contribution in [2.24, 2.45) is 11.8 Å². The van der Waals surface area contributed by atoms with Gasteiger partial charge in [0.15, 0.2) is 0 Å². The fraction of sp³-hybridized carbons (Fsp3) is 0.882. The van der Waals surface area contributed by atoms with Gasteiger partial charge in [0.1, 0.15) is 0 Å².